The van der Waals surface area contributed by atoms with Crippen molar-refractivity contribution in [3.8, 4) is 11.5 Å². The molecule has 1 unspecified atom stereocenters. The smallest absolute Gasteiger partial charge is 0.220 e. The highest BCUT2D eigenvalue weighted by molar-refractivity contribution is 5.76. The standard InChI is InChI=1S/C16H21NO3/c1-2-4-16(18)17-13-6-3-5-11-9-14-15(10-12(11)13)20-8-7-19-14/h9-10,13H,2-8H2,1H3,(H,17,18). The zero-order valence-electron chi connectivity index (χ0n) is 11.9. The Hall–Kier alpha value is -1.71. The Morgan fingerprint density at radius 3 is 2.80 bits per heavy atom. The lowest BCUT2D eigenvalue weighted by Crippen LogP contribution is -2.31. The summed E-state index contributed by atoms with van der Waals surface area (Å²) in [6, 6.07) is 4.26. The summed E-state index contributed by atoms with van der Waals surface area (Å²) in [6.45, 7) is 3.23. The second kappa shape index (κ2) is 5.73. The van der Waals surface area contributed by atoms with Gasteiger partial charge < -0.3 is 14.8 Å². The summed E-state index contributed by atoms with van der Waals surface area (Å²) < 4.78 is 11.3. The number of ether oxygens (including phenoxy) is 2. The molecular weight excluding hydrogens is 254 g/mol. The summed E-state index contributed by atoms with van der Waals surface area (Å²) in [5.74, 6) is 1.79. The second-order valence-corrected chi connectivity index (χ2v) is 5.46. The number of aryl methyl sites for hydroxylation is 1. The molecule has 1 N–H and O–H groups in total. The average molecular weight is 275 g/mol. The highest BCUT2D eigenvalue weighted by Gasteiger charge is 2.25. The Labute approximate surface area is 119 Å². The molecule has 0 radical (unpaired) electrons. The van der Waals surface area contributed by atoms with Gasteiger partial charge in [-0.2, -0.15) is 0 Å². The molecule has 1 heterocycles. The largest absolute Gasteiger partial charge is 0.486 e. The van der Waals surface area contributed by atoms with Gasteiger partial charge in [0.2, 0.25) is 5.91 Å². The van der Waals surface area contributed by atoms with Gasteiger partial charge in [0.1, 0.15) is 13.2 Å². The van der Waals surface area contributed by atoms with Crippen molar-refractivity contribution in [2.45, 2.75) is 45.1 Å². The first-order valence-corrected chi connectivity index (χ1v) is 7.49. The van der Waals surface area contributed by atoms with Gasteiger partial charge in [0.25, 0.3) is 0 Å². The summed E-state index contributed by atoms with van der Waals surface area (Å²) in [5.41, 5.74) is 2.48. The molecular formula is C16H21NO3. The Morgan fingerprint density at radius 1 is 1.30 bits per heavy atom. The van der Waals surface area contributed by atoms with Gasteiger partial charge in [-0.15, -0.1) is 0 Å². The molecule has 3 rings (SSSR count). The van der Waals surface area contributed by atoms with Crippen molar-refractivity contribution in [2.75, 3.05) is 13.2 Å². The maximum atomic E-state index is 11.8. The van der Waals surface area contributed by atoms with Gasteiger partial charge in [-0.3, -0.25) is 4.79 Å². The SMILES string of the molecule is CCCC(=O)NC1CCCc2cc3c(cc21)OCCO3. The van der Waals surface area contributed by atoms with E-state index in [0.29, 0.717) is 19.6 Å². The molecule has 108 valence electrons. The van der Waals surface area contributed by atoms with Gasteiger partial charge in [-0.1, -0.05) is 6.92 Å². The molecule has 0 spiro atoms. The molecule has 0 bridgehead atoms. The predicted molar refractivity (Wildman–Crippen MR) is 76.2 cm³/mol. The van der Waals surface area contributed by atoms with Gasteiger partial charge in [-0.05, 0) is 48.9 Å². The van der Waals surface area contributed by atoms with E-state index < -0.39 is 0 Å². The molecule has 1 aliphatic carbocycles. The first-order chi connectivity index (χ1) is 9.78. The molecule has 4 heteroatoms. The minimum absolute atomic E-state index is 0.119. The van der Waals surface area contributed by atoms with Crippen molar-refractivity contribution >= 4 is 5.91 Å². The Kier molecular flexibility index (Phi) is 3.81. The molecule has 1 aromatic rings. The Morgan fingerprint density at radius 2 is 2.05 bits per heavy atom. The molecule has 0 fully saturated rings. The number of carbonyl (C=O) groups excluding carboxylic acids is 1. The van der Waals surface area contributed by atoms with Crippen LogP contribution in [0.5, 0.6) is 11.5 Å². The van der Waals surface area contributed by atoms with E-state index in [1.54, 1.807) is 0 Å². The molecule has 1 amide bonds. The number of rotatable bonds is 3. The summed E-state index contributed by atoms with van der Waals surface area (Å²) in [4.78, 5) is 11.8. The van der Waals surface area contributed by atoms with Crippen molar-refractivity contribution in [1.82, 2.24) is 5.32 Å². The fourth-order valence-corrected chi connectivity index (χ4v) is 2.98. The number of hydrogen-bond donors (Lipinski definition) is 1. The maximum absolute atomic E-state index is 11.8. The van der Waals surface area contributed by atoms with Crippen molar-refractivity contribution in [3.63, 3.8) is 0 Å². The molecule has 1 aliphatic heterocycles. The van der Waals surface area contributed by atoms with Crippen LogP contribution < -0.4 is 14.8 Å². The van der Waals surface area contributed by atoms with E-state index in [1.807, 2.05) is 6.92 Å². The zero-order valence-corrected chi connectivity index (χ0v) is 11.9. The van der Waals surface area contributed by atoms with Crippen LogP contribution >= 0.6 is 0 Å². The van der Waals surface area contributed by atoms with Crippen LogP contribution in [0.25, 0.3) is 0 Å². The topological polar surface area (TPSA) is 47.6 Å². The van der Waals surface area contributed by atoms with E-state index in [2.05, 4.69) is 17.4 Å². The van der Waals surface area contributed by atoms with Crippen LogP contribution in [0.3, 0.4) is 0 Å². The molecule has 4 nitrogen and oxygen atoms in total. The molecule has 1 aromatic carbocycles. The van der Waals surface area contributed by atoms with E-state index in [1.165, 1.54) is 11.1 Å². The molecule has 2 aliphatic rings. The number of hydrogen-bond acceptors (Lipinski definition) is 3. The third-order valence-corrected chi connectivity index (χ3v) is 3.93. The molecule has 0 saturated heterocycles. The number of benzene rings is 1. The lowest BCUT2D eigenvalue weighted by molar-refractivity contribution is -0.122. The van der Waals surface area contributed by atoms with Gasteiger partial charge in [0, 0.05) is 6.42 Å². The van der Waals surface area contributed by atoms with Gasteiger partial charge >= 0.3 is 0 Å². The average Bonchev–Trinajstić information content (AvgIpc) is 2.46. The summed E-state index contributed by atoms with van der Waals surface area (Å²) >= 11 is 0. The second-order valence-electron chi connectivity index (χ2n) is 5.46. The van der Waals surface area contributed by atoms with E-state index in [0.717, 1.165) is 37.2 Å². The Balaban J connectivity index is 1.85. The van der Waals surface area contributed by atoms with E-state index in [-0.39, 0.29) is 11.9 Å². The number of nitrogens with one attached hydrogen (secondary N) is 1. The first kappa shape index (κ1) is 13.3. The highest BCUT2D eigenvalue weighted by Crippen LogP contribution is 2.39. The first-order valence-electron chi connectivity index (χ1n) is 7.49. The van der Waals surface area contributed by atoms with Gasteiger partial charge in [-0.25, -0.2) is 0 Å². The summed E-state index contributed by atoms with van der Waals surface area (Å²) in [5, 5.41) is 3.15. The van der Waals surface area contributed by atoms with E-state index in [4.69, 9.17) is 9.47 Å². The van der Waals surface area contributed by atoms with Crippen LogP contribution in [0.15, 0.2) is 12.1 Å². The third-order valence-electron chi connectivity index (χ3n) is 3.93. The Bertz CT molecular complexity index is 513. The van der Waals surface area contributed by atoms with E-state index in [9.17, 15) is 4.79 Å². The fraction of sp³-hybridized carbons (Fsp3) is 0.562. The van der Waals surface area contributed by atoms with Crippen LogP contribution in [0.2, 0.25) is 0 Å². The zero-order chi connectivity index (χ0) is 13.9. The van der Waals surface area contributed by atoms with Crippen molar-refractivity contribution in [3.05, 3.63) is 23.3 Å². The van der Waals surface area contributed by atoms with Crippen LogP contribution in [-0.2, 0) is 11.2 Å². The number of amides is 1. The van der Waals surface area contributed by atoms with Gasteiger partial charge in [0.15, 0.2) is 11.5 Å². The van der Waals surface area contributed by atoms with Crippen LogP contribution in [0.1, 0.15) is 49.8 Å². The monoisotopic (exact) mass is 275 g/mol. The predicted octanol–water partition coefficient (Wildman–Crippen LogP) is 2.75. The molecule has 1 atom stereocenters. The van der Waals surface area contributed by atoms with Crippen LogP contribution in [-0.4, -0.2) is 19.1 Å². The maximum Gasteiger partial charge on any atom is 0.220 e. The summed E-state index contributed by atoms with van der Waals surface area (Å²) in [7, 11) is 0. The minimum Gasteiger partial charge on any atom is -0.486 e. The van der Waals surface area contributed by atoms with Crippen LogP contribution in [0.4, 0.5) is 0 Å². The number of carbonyl (C=O) groups is 1. The van der Waals surface area contributed by atoms with Crippen LogP contribution in [0, 0.1) is 0 Å². The van der Waals surface area contributed by atoms with Crippen molar-refractivity contribution < 1.29 is 14.3 Å². The highest BCUT2D eigenvalue weighted by atomic mass is 16.6. The lowest BCUT2D eigenvalue weighted by atomic mass is 9.87. The normalized spacial score (nSPS) is 20.1. The third kappa shape index (κ3) is 2.60. The van der Waals surface area contributed by atoms with Crippen molar-refractivity contribution in [2.24, 2.45) is 0 Å². The lowest BCUT2D eigenvalue weighted by Gasteiger charge is -2.29. The van der Waals surface area contributed by atoms with E-state index >= 15 is 0 Å². The van der Waals surface area contributed by atoms with Crippen molar-refractivity contribution in [1.29, 1.82) is 0 Å². The fourth-order valence-electron chi connectivity index (χ4n) is 2.98. The molecule has 0 saturated carbocycles. The molecule has 20 heavy (non-hydrogen) atoms. The summed E-state index contributed by atoms with van der Waals surface area (Å²) in [6.07, 6.45) is 4.63. The number of fused-ring (bicyclic) bond motifs is 2. The van der Waals surface area contributed by atoms with Gasteiger partial charge in [0.05, 0.1) is 6.04 Å². The molecule has 0 aromatic heterocycles. The quantitative estimate of drug-likeness (QED) is 0.922. The minimum atomic E-state index is 0.119.